The third-order valence-corrected chi connectivity index (χ3v) is 7.95. The minimum atomic E-state index is -4.76. The summed E-state index contributed by atoms with van der Waals surface area (Å²) in [7, 11) is -8.22. The molecule has 0 saturated carbocycles. The zero-order chi connectivity index (χ0) is 27.4. The van der Waals surface area contributed by atoms with Crippen LogP contribution in [0.3, 0.4) is 0 Å². The van der Waals surface area contributed by atoms with Crippen LogP contribution >= 0.6 is 0 Å². The van der Waals surface area contributed by atoms with Gasteiger partial charge in [0.15, 0.2) is 9.84 Å². The van der Waals surface area contributed by atoms with Crippen molar-refractivity contribution in [3.8, 4) is 5.75 Å². The van der Waals surface area contributed by atoms with Crippen molar-refractivity contribution in [1.82, 2.24) is 0 Å². The lowest BCUT2D eigenvalue weighted by molar-refractivity contribution is -0.137. The number of benzene rings is 3. The number of sulfonamides is 1. The van der Waals surface area contributed by atoms with E-state index in [1.54, 1.807) is 19.1 Å². The normalized spacial score (nSPS) is 12.1. The standard InChI is InChI=1S/C24H23F3N2O6S2/c1-3-35-20-9-7-18(8-10-20)28-23(30)16-29(19-6-4-5-17(15-19)24(25,26)27)37(33,34)22-13-11-21(12-14-22)36(2,31)32/h4-15H,3,16H2,1-2H3,(H,28,30). The van der Waals surface area contributed by atoms with E-state index in [9.17, 15) is 34.8 Å². The van der Waals surface area contributed by atoms with Gasteiger partial charge in [0.2, 0.25) is 5.91 Å². The summed E-state index contributed by atoms with van der Waals surface area (Å²) in [4.78, 5) is 12.2. The molecule has 198 valence electrons. The maximum atomic E-state index is 13.5. The highest BCUT2D eigenvalue weighted by atomic mass is 32.2. The van der Waals surface area contributed by atoms with Crippen molar-refractivity contribution in [3.63, 3.8) is 0 Å². The van der Waals surface area contributed by atoms with Gasteiger partial charge < -0.3 is 10.1 Å². The number of ether oxygens (including phenoxy) is 1. The fraction of sp³-hybridized carbons (Fsp3) is 0.208. The number of alkyl halides is 3. The lowest BCUT2D eigenvalue weighted by Gasteiger charge is -2.25. The molecule has 3 rings (SSSR count). The monoisotopic (exact) mass is 556 g/mol. The van der Waals surface area contributed by atoms with E-state index < -0.39 is 54.6 Å². The van der Waals surface area contributed by atoms with E-state index in [0.717, 1.165) is 48.7 Å². The van der Waals surface area contributed by atoms with Gasteiger partial charge in [-0.15, -0.1) is 0 Å². The van der Waals surface area contributed by atoms with Crippen molar-refractivity contribution in [2.75, 3.05) is 29.0 Å². The van der Waals surface area contributed by atoms with Crippen molar-refractivity contribution < 1.29 is 39.5 Å². The van der Waals surface area contributed by atoms with Gasteiger partial charge in [0.25, 0.3) is 10.0 Å². The number of nitrogens with zero attached hydrogens (tertiary/aromatic N) is 1. The Hall–Kier alpha value is -3.58. The molecule has 0 heterocycles. The Morgan fingerprint density at radius 2 is 1.51 bits per heavy atom. The van der Waals surface area contributed by atoms with Crippen LogP contribution in [0.2, 0.25) is 0 Å². The molecule has 0 fully saturated rings. The Labute approximate surface area is 212 Å². The van der Waals surface area contributed by atoms with E-state index in [4.69, 9.17) is 4.74 Å². The van der Waals surface area contributed by atoms with Crippen LogP contribution in [0.15, 0.2) is 82.6 Å². The maximum absolute atomic E-state index is 13.5. The summed E-state index contributed by atoms with van der Waals surface area (Å²) >= 11 is 0. The number of rotatable bonds is 9. The van der Waals surface area contributed by atoms with Gasteiger partial charge in [-0.3, -0.25) is 9.10 Å². The van der Waals surface area contributed by atoms with Gasteiger partial charge in [-0.1, -0.05) is 6.07 Å². The molecule has 0 atom stereocenters. The summed E-state index contributed by atoms with van der Waals surface area (Å²) in [5, 5.41) is 2.51. The first-order valence-corrected chi connectivity index (χ1v) is 14.1. The summed E-state index contributed by atoms with van der Waals surface area (Å²) in [5.41, 5.74) is -1.19. The van der Waals surface area contributed by atoms with Crippen molar-refractivity contribution in [3.05, 3.63) is 78.4 Å². The minimum Gasteiger partial charge on any atom is -0.494 e. The van der Waals surface area contributed by atoms with E-state index in [1.165, 1.54) is 12.1 Å². The van der Waals surface area contributed by atoms with Gasteiger partial charge in [0.05, 0.1) is 27.6 Å². The fourth-order valence-corrected chi connectivity index (χ4v) is 5.31. The number of anilines is 2. The highest BCUT2D eigenvalue weighted by Crippen LogP contribution is 2.33. The molecule has 0 saturated heterocycles. The number of halogens is 3. The number of hydrogen-bond acceptors (Lipinski definition) is 6. The average molecular weight is 557 g/mol. The van der Waals surface area contributed by atoms with Crippen LogP contribution in [-0.4, -0.2) is 42.2 Å². The number of amides is 1. The Morgan fingerprint density at radius 3 is 2.05 bits per heavy atom. The van der Waals surface area contributed by atoms with Crippen molar-refractivity contribution in [2.24, 2.45) is 0 Å². The van der Waals surface area contributed by atoms with Gasteiger partial charge in [-0.05, 0) is 73.7 Å². The lowest BCUT2D eigenvalue weighted by Crippen LogP contribution is -2.38. The molecule has 1 N–H and O–H groups in total. The molecule has 0 aromatic heterocycles. The topological polar surface area (TPSA) is 110 Å². The SMILES string of the molecule is CCOc1ccc(NC(=O)CN(c2cccc(C(F)(F)F)c2)S(=O)(=O)c2ccc(S(C)(=O)=O)cc2)cc1. The molecule has 0 aliphatic carbocycles. The van der Waals surface area contributed by atoms with E-state index in [-0.39, 0.29) is 4.90 Å². The second-order valence-corrected chi connectivity index (χ2v) is 11.7. The maximum Gasteiger partial charge on any atom is 0.416 e. The summed E-state index contributed by atoms with van der Waals surface area (Å²) < 4.78 is 96.2. The van der Waals surface area contributed by atoms with Crippen LogP contribution in [0.4, 0.5) is 24.5 Å². The van der Waals surface area contributed by atoms with E-state index in [1.807, 2.05) is 0 Å². The Kier molecular flexibility index (Phi) is 8.18. The highest BCUT2D eigenvalue weighted by molar-refractivity contribution is 7.93. The number of carbonyl (C=O) groups is 1. The molecule has 37 heavy (non-hydrogen) atoms. The summed E-state index contributed by atoms with van der Waals surface area (Å²) in [6, 6.07) is 13.9. The Bertz CT molecular complexity index is 1470. The Morgan fingerprint density at radius 1 is 0.919 bits per heavy atom. The summed E-state index contributed by atoms with van der Waals surface area (Å²) in [5.74, 6) is -0.274. The van der Waals surface area contributed by atoms with Gasteiger partial charge >= 0.3 is 6.18 Å². The third kappa shape index (κ3) is 7.01. The fourth-order valence-electron chi connectivity index (χ4n) is 3.27. The van der Waals surface area contributed by atoms with Crippen LogP contribution in [0.5, 0.6) is 5.75 Å². The zero-order valence-corrected chi connectivity index (χ0v) is 21.3. The van der Waals surface area contributed by atoms with Crippen LogP contribution in [0.25, 0.3) is 0 Å². The molecule has 1 amide bonds. The van der Waals surface area contributed by atoms with Gasteiger partial charge in [-0.25, -0.2) is 16.8 Å². The Balaban J connectivity index is 1.99. The molecule has 0 spiro atoms. The first-order valence-electron chi connectivity index (χ1n) is 10.7. The van der Waals surface area contributed by atoms with E-state index >= 15 is 0 Å². The number of sulfone groups is 1. The van der Waals surface area contributed by atoms with Crippen molar-refractivity contribution in [1.29, 1.82) is 0 Å². The average Bonchev–Trinajstić information content (AvgIpc) is 2.83. The molecule has 8 nitrogen and oxygen atoms in total. The minimum absolute atomic E-state index is 0.148. The summed E-state index contributed by atoms with van der Waals surface area (Å²) in [6.07, 6.45) is -3.82. The first-order chi connectivity index (χ1) is 17.2. The quantitative estimate of drug-likeness (QED) is 0.420. The molecule has 3 aromatic rings. The van der Waals surface area contributed by atoms with Crippen molar-refractivity contribution >= 4 is 37.1 Å². The molecular weight excluding hydrogens is 533 g/mol. The van der Waals surface area contributed by atoms with Crippen LogP contribution in [0, 0.1) is 0 Å². The number of nitrogens with one attached hydrogen (secondary N) is 1. The molecular formula is C24H23F3N2O6S2. The van der Waals surface area contributed by atoms with Crippen LogP contribution in [0.1, 0.15) is 12.5 Å². The molecule has 13 heteroatoms. The molecule has 3 aromatic carbocycles. The van der Waals surface area contributed by atoms with Crippen LogP contribution in [-0.2, 0) is 30.8 Å². The van der Waals surface area contributed by atoms with E-state index in [2.05, 4.69) is 5.32 Å². The number of carbonyl (C=O) groups excluding carboxylic acids is 1. The second-order valence-electron chi connectivity index (χ2n) is 7.81. The van der Waals surface area contributed by atoms with Crippen LogP contribution < -0.4 is 14.4 Å². The second kappa shape index (κ2) is 10.8. The predicted molar refractivity (Wildman–Crippen MR) is 132 cm³/mol. The third-order valence-electron chi connectivity index (χ3n) is 5.04. The zero-order valence-electron chi connectivity index (χ0n) is 19.7. The first kappa shape index (κ1) is 28.0. The van der Waals surface area contributed by atoms with E-state index in [0.29, 0.717) is 28.4 Å². The smallest absolute Gasteiger partial charge is 0.416 e. The van der Waals surface area contributed by atoms with Gasteiger partial charge in [0.1, 0.15) is 12.3 Å². The lowest BCUT2D eigenvalue weighted by atomic mass is 10.2. The molecule has 0 bridgehead atoms. The molecule has 0 radical (unpaired) electrons. The molecule has 0 aliphatic heterocycles. The predicted octanol–water partition coefficient (Wildman–Crippen LogP) is 4.34. The highest BCUT2D eigenvalue weighted by Gasteiger charge is 2.33. The van der Waals surface area contributed by atoms with Gasteiger partial charge in [-0.2, -0.15) is 13.2 Å². The van der Waals surface area contributed by atoms with Crippen molar-refractivity contribution in [2.45, 2.75) is 22.9 Å². The van der Waals surface area contributed by atoms with Gasteiger partial charge in [0, 0.05) is 11.9 Å². The summed E-state index contributed by atoms with van der Waals surface area (Å²) in [6.45, 7) is 1.37. The molecule has 0 aliphatic rings. The largest absolute Gasteiger partial charge is 0.494 e. The molecule has 0 unspecified atom stereocenters. The number of hydrogen-bond donors (Lipinski definition) is 1.